The molecule has 66 heavy (non-hydrogen) atoms. The summed E-state index contributed by atoms with van der Waals surface area (Å²) in [5, 5.41) is 23.1. The molecule has 0 aromatic carbocycles. The van der Waals surface area contributed by atoms with Crippen molar-refractivity contribution in [2.24, 2.45) is 0 Å². The molecule has 386 valence electrons. The summed E-state index contributed by atoms with van der Waals surface area (Å²) in [6.45, 7) is 4.85. The van der Waals surface area contributed by atoms with Crippen LogP contribution in [-0.4, -0.2) is 47.4 Å². The molecular formula is C60H111NO5. The highest BCUT2D eigenvalue weighted by atomic mass is 16.5. The van der Waals surface area contributed by atoms with Crippen LogP contribution in [0.5, 0.6) is 0 Å². The van der Waals surface area contributed by atoms with Gasteiger partial charge in [-0.2, -0.15) is 0 Å². The molecule has 0 aromatic rings. The van der Waals surface area contributed by atoms with Gasteiger partial charge in [-0.1, -0.05) is 242 Å². The van der Waals surface area contributed by atoms with E-state index < -0.39 is 12.1 Å². The normalized spacial score (nSPS) is 13.0. The van der Waals surface area contributed by atoms with E-state index in [0.29, 0.717) is 19.4 Å². The van der Waals surface area contributed by atoms with Gasteiger partial charge in [-0.15, -0.1) is 0 Å². The van der Waals surface area contributed by atoms with Crippen molar-refractivity contribution in [3.05, 3.63) is 48.6 Å². The molecule has 0 saturated heterocycles. The quantitative estimate of drug-likeness (QED) is 0.0321. The van der Waals surface area contributed by atoms with Crippen LogP contribution in [0.3, 0.4) is 0 Å². The minimum atomic E-state index is -0.855. The highest BCUT2D eigenvalue weighted by Crippen LogP contribution is 2.16. The Kier molecular flexibility index (Phi) is 53.6. The third-order valence-corrected chi connectivity index (χ3v) is 13.1. The number of esters is 1. The summed E-state index contributed by atoms with van der Waals surface area (Å²) in [6.07, 6.45) is 69.8. The Labute approximate surface area is 410 Å². The Morgan fingerprint density at radius 2 is 0.758 bits per heavy atom. The van der Waals surface area contributed by atoms with Gasteiger partial charge in [0.15, 0.2) is 0 Å². The Bertz CT molecular complexity index is 1110. The third-order valence-electron chi connectivity index (χ3n) is 13.1. The van der Waals surface area contributed by atoms with Crippen LogP contribution in [0.15, 0.2) is 48.6 Å². The number of amides is 1. The van der Waals surface area contributed by atoms with Crippen molar-refractivity contribution < 1.29 is 24.5 Å². The van der Waals surface area contributed by atoms with Crippen molar-refractivity contribution >= 4 is 11.9 Å². The fourth-order valence-corrected chi connectivity index (χ4v) is 8.60. The van der Waals surface area contributed by atoms with Crippen molar-refractivity contribution in [2.75, 3.05) is 13.2 Å². The number of hydrogen-bond donors (Lipinski definition) is 3. The van der Waals surface area contributed by atoms with Crippen LogP contribution in [0.4, 0.5) is 0 Å². The third kappa shape index (κ3) is 51.2. The van der Waals surface area contributed by atoms with E-state index in [9.17, 15) is 19.8 Å². The summed E-state index contributed by atoms with van der Waals surface area (Å²) in [7, 11) is 0. The summed E-state index contributed by atoms with van der Waals surface area (Å²) in [6, 6.07) is -0.641. The number of allylic oxidation sites excluding steroid dienone is 7. The largest absolute Gasteiger partial charge is 0.466 e. The fraction of sp³-hybridized carbons (Fsp3) is 0.833. The molecule has 0 aliphatic heterocycles. The first-order valence-electron chi connectivity index (χ1n) is 28.9. The molecule has 0 rings (SSSR count). The van der Waals surface area contributed by atoms with Crippen molar-refractivity contribution in [2.45, 2.75) is 309 Å². The molecule has 6 nitrogen and oxygen atoms in total. The summed E-state index contributed by atoms with van der Waals surface area (Å²) in [4.78, 5) is 24.5. The summed E-state index contributed by atoms with van der Waals surface area (Å²) >= 11 is 0. The highest BCUT2D eigenvalue weighted by Gasteiger charge is 2.18. The molecule has 1 amide bonds. The molecule has 0 fully saturated rings. The van der Waals surface area contributed by atoms with Crippen molar-refractivity contribution in [1.82, 2.24) is 5.32 Å². The first-order valence-corrected chi connectivity index (χ1v) is 28.9. The van der Waals surface area contributed by atoms with Crippen LogP contribution in [0, 0.1) is 0 Å². The second-order valence-electron chi connectivity index (χ2n) is 19.6. The number of rotatable bonds is 53. The van der Waals surface area contributed by atoms with E-state index in [1.807, 2.05) is 6.08 Å². The maximum atomic E-state index is 12.4. The Morgan fingerprint density at radius 3 is 1.20 bits per heavy atom. The van der Waals surface area contributed by atoms with Crippen LogP contribution in [0.25, 0.3) is 0 Å². The van der Waals surface area contributed by atoms with E-state index >= 15 is 0 Å². The molecule has 2 unspecified atom stereocenters. The second-order valence-corrected chi connectivity index (χ2v) is 19.6. The lowest BCUT2D eigenvalue weighted by Crippen LogP contribution is -2.45. The summed E-state index contributed by atoms with van der Waals surface area (Å²) < 4.78 is 5.48. The molecule has 6 heteroatoms. The Morgan fingerprint density at radius 1 is 0.424 bits per heavy atom. The van der Waals surface area contributed by atoms with E-state index in [-0.39, 0.29) is 18.5 Å². The van der Waals surface area contributed by atoms with Gasteiger partial charge in [0.2, 0.25) is 5.91 Å². The second kappa shape index (κ2) is 55.4. The zero-order chi connectivity index (χ0) is 47.9. The van der Waals surface area contributed by atoms with Crippen LogP contribution < -0.4 is 5.32 Å². The number of carbonyl (C=O) groups excluding carboxylic acids is 2. The van der Waals surface area contributed by atoms with Crippen LogP contribution in [0.2, 0.25) is 0 Å². The molecule has 0 spiro atoms. The zero-order valence-corrected chi connectivity index (χ0v) is 43.9. The van der Waals surface area contributed by atoms with E-state index in [0.717, 1.165) is 70.6 Å². The Balaban J connectivity index is 3.48. The number of hydrogen-bond acceptors (Lipinski definition) is 5. The fourth-order valence-electron chi connectivity index (χ4n) is 8.60. The number of carbonyl (C=O) groups is 2. The number of unbranched alkanes of at least 4 members (excludes halogenated alkanes) is 36. The molecule has 2 atom stereocenters. The van der Waals surface area contributed by atoms with Crippen LogP contribution in [-0.2, 0) is 14.3 Å². The Hall–Kier alpha value is -2.18. The SMILES string of the molecule is CCCCC/C=C\C/C=C\CCCCCCCCCCCC(=O)OCCCCCCCCC/C=C\CCCCCCCC(=O)NC(CO)C(O)/C=C/CCCCCCCCCCCCCC. The summed E-state index contributed by atoms with van der Waals surface area (Å²) in [5.74, 6) is -0.0938. The number of nitrogens with one attached hydrogen (secondary N) is 1. The van der Waals surface area contributed by atoms with Gasteiger partial charge >= 0.3 is 5.97 Å². The molecule has 0 radical (unpaired) electrons. The minimum absolute atomic E-state index is 0.00815. The van der Waals surface area contributed by atoms with Gasteiger partial charge in [-0.05, 0) is 89.9 Å². The van der Waals surface area contributed by atoms with Gasteiger partial charge in [0.25, 0.3) is 0 Å². The number of aliphatic hydroxyl groups is 2. The van der Waals surface area contributed by atoms with Crippen molar-refractivity contribution in [3.63, 3.8) is 0 Å². The van der Waals surface area contributed by atoms with Gasteiger partial charge in [-0.3, -0.25) is 9.59 Å². The van der Waals surface area contributed by atoms with Crippen molar-refractivity contribution in [1.29, 1.82) is 0 Å². The lowest BCUT2D eigenvalue weighted by Gasteiger charge is -2.20. The van der Waals surface area contributed by atoms with E-state index in [1.54, 1.807) is 6.08 Å². The summed E-state index contributed by atoms with van der Waals surface area (Å²) in [5.41, 5.74) is 0. The molecule has 0 aromatic heterocycles. The van der Waals surface area contributed by atoms with Gasteiger partial charge in [-0.25, -0.2) is 0 Å². The number of ether oxygens (including phenoxy) is 1. The van der Waals surface area contributed by atoms with Crippen LogP contribution in [0.1, 0.15) is 296 Å². The van der Waals surface area contributed by atoms with E-state index in [2.05, 4.69) is 55.6 Å². The van der Waals surface area contributed by atoms with Gasteiger partial charge in [0.05, 0.1) is 25.4 Å². The topological polar surface area (TPSA) is 95.9 Å². The van der Waals surface area contributed by atoms with Gasteiger partial charge in [0.1, 0.15) is 0 Å². The van der Waals surface area contributed by atoms with Gasteiger partial charge in [0, 0.05) is 12.8 Å². The average molecular weight is 927 g/mol. The lowest BCUT2D eigenvalue weighted by molar-refractivity contribution is -0.143. The van der Waals surface area contributed by atoms with E-state index in [4.69, 9.17) is 4.74 Å². The molecule has 0 saturated carbocycles. The molecule has 0 aliphatic rings. The predicted octanol–water partition coefficient (Wildman–Crippen LogP) is 17.8. The standard InChI is InChI=1S/C60H111NO5/c1-3-5-7-9-11-13-15-17-19-20-21-22-26-30-34-38-42-46-50-54-60(65)66-55-51-47-43-39-35-31-27-24-23-25-29-33-37-41-45-49-53-59(64)61-57(56-62)58(63)52-48-44-40-36-32-28-18-16-14-12-10-8-6-4-2/h11,13,17,19,23,25,48,52,57-58,62-63H,3-10,12,14-16,18,20-22,24,26-47,49-51,53-56H2,1-2H3,(H,61,64)/b13-11-,19-17-,25-23-,52-48+. The highest BCUT2D eigenvalue weighted by molar-refractivity contribution is 5.76. The molecule has 0 bridgehead atoms. The molecular weight excluding hydrogens is 815 g/mol. The predicted molar refractivity (Wildman–Crippen MR) is 287 cm³/mol. The average Bonchev–Trinajstić information content (AvgIpc) is 3.32. The zero-order valence-electron chi connectivity index (χ0n) is 43.9. The minimum Gasteiger partial charge on any atom is -0.466 e. The lowest BCUT2D eigenvalue weighted by atomic mass is 10.0. The molecule has 0 heterocycles. The van der Waals surface area contributed by atoms with Crippen molar-refractivity contribution in [3.8, 4) is 0 Å². The first-order chi connectivity index (χ1) is 32.5. The maximum Gasteiger partial charge on any atom is 0.305 e. The monoisotopic (exact) mass is 926 g/mol. The maximum absolute atomic E-state index is 12.4. The van der Waals surface area contributed by atoms with E-state index in [1.165, 1.54) is 199 Å². The molecule has 3 N–H and O–H groups in total. The number of aliphatic hydroxyl groups excluding tert-OH is 2. The van der Waals surface area contributed by atoms with Crippen LogP contribution >= 0.6 is 0 Å². The smallest absolute Gasteiger partial charge is 0.305 e. The first kappa shape index (κ1) is 63.8. The molecule has 0 aliphatic carbocycles. The van der Waals surface area contributed by atoms with Gasteiger partial charge < -0.3 is 20.3 Å².